The van der Waals surface area contributed by atoms with Crippen molar-refractivity contribution in [2.75, 3.05) is 24.6 Å². The summed E-state index contributed by atoms with van der Waals surface area (Å²) in [5.74, 6) is 3.69. The Balaban J connectivity index is 1.70. The van der Waals surface area contributed by atoms with Crippen molar-refractivity contribution in [3.05, 3.63) is 57.6 Å². The largest absolute Gasteiger partial charge is 0.369 e. The summed E-state index contributed by atoms with van der Waals surface area (Å²) in [6.07, 6.45) is 1.73. The van der Waals surface area contributed by atoms with Crippen molar-refractivity contribution in [2.24, 2.45) is 0 Å². The Morgan fingerprint density at radius 3 is 2.43 bits per heavy atom. The summed E-state index contributed by atoms with van der Waals surface area (Å²) in [5.41, 5.74) is 1.99. The van der Waals surface area contributed by atoms with Crippen LogP contribution in [-0.2, 0) is 11.5 Å². The minimum absolute atomic E-state index is 0.0577. The molecule has 28 heavy (non-hydrogen) atoms. The van der Waals surface area contributed by atoms with E-state index >= 15 is 0 Å². The molecule has 0 bridgehead atoms. The zero-order valence-corrected chi connectivity index (χ0v) is 18.2. The lowest BCUT2D eigenvalue weighted by Crippen LogP contribution is -2.31. The summed E-state index contributed by atoms with van der Waals surface area (Å²) in [6, 6.07) is 9.51. The maximum Gasteiger partial charge on any atom is 0.169 e. The van der Waals surface area contributed by atoms with Gasteiger partial charge >= 0.3 is 0 Å². The summed E-state index contributed by atoms with van der Waals surface area (Å²) < 4.78 is 4.27. The van der Waals surface area contributed by atoms with Crippen LogP contribution in [0.4, 0.5) is 0 Å². The fraction of sp³-hybridized carbons (Fsp3) is 0.333. The molecule has 0 spiro atoms. The third-order valence-electron chi connectivity index (χ3n) is 3.38. The third-order valence-corrected chi connectivity index (χ3v) is 6.29. The maximum absolute atomic E-state index is 9.16. The van der Waals surface area contributed by atoms with Crippen molar-refractivity contribution in [1.82, 2.24) is 20.0 Å². The fourth-order valence-electron chi connectivity index (χ4n) is 2.05. The Morgan fingerprint density at radius 1 is 1.11 bits per heavy atom. The quantitative estimate of drug-likeness (QED) is 0.372. The molecular formula is C18H19ClN6S3. The Hall–Kier alpha value is -1.91. The summed E-state index contributed by atoms with van der Waals surface area (Å²) >= 11 is 11.0. The van der Waals surface area contributed by atoms with E-state index < -0.39 is 0 Å². The first kappa shape index (κ1) is 22.4. The van der Waals surface area contributed by atoms with Crippen LogP contribution in [0, 0.1) is 22.7 Å². The molecule has 2 N–H and O–H groups in total. The molecule has 0 saturated heterocycles. The van der Waals surface area contributed by atoms with Gasteiger partial charge in [0.05, 0.1) is 16.4 Å². The van der Waals surface area contributed by atoms with Crippen LogP contribution in [0.5, 0.6) is 0 Å². The molecule has 6 nitrogen and oxygen atoms in total. The predicted octanol–water partition coefficient (Wildman–Crippen LogP) is 3.80. The zero-order valence-electron chi connectivity index (χ0n) is 15.0. The number of nitrogens with one attached hydrogen (secondary N) is 2. The highest BCUT2D eigenvalue weighted by atomic mass is 35.5. The Kier molecular flexibility index (Phi) is 10.6. The van der Waals surface area contributed by atoms with E-state index in [-0.39, 0.29) is 5.57 Å². The van der Waals surface area contributed by atoms with E-state index in [2.05, 4.69) is 20.0 Å². The van der Waals surface area contributed by atoms with Crippen molar-refractivity contribution in [2.45, 2.75) is 11.5 Å². The molecule has 0 aliphatic carbocycles. The lowest BCUT2D eigenvalue weighted by molar-refractivity contribution is 0.722. The van der Waals surface area contributed by atoms with Crippen LogP contribution in [0.2, 0.25) is 5.02 Å². The molecule has 0 amide bonds. The first-order valence-corrected chi connectivity index (χ1v) is 11.9. The highest BCUT2D eigenvalue weighted by Gasteiger charge is 2.06. The number of thioether (sulfide) groups is 2. The number of aromatic nitrogens is 2. The van der Waals surface area contributed by atoms with Gasteiger partial charge in [-0.1, -0.05) is 11.6 Å². The second kappa shape index (κ2) is 13.3. The normalized spacial score (nSPS) is 9.96. The Morgan fingerprint density at radius 2 is 1.82 bits per heavy atom. The highest BCUT2D eigenvalue weighted by molar-refractivity contribution is 7.98. The van der Waals surface area contributed by atoms with E-state index in [9.17, 15) is 0 Å². The van der Waals surface area contributed by atoms with Gasteiger partial charge in [0.25, 0.3) is 0 Å². The van der Waals surface area contributed by atoms with Crippen molar-refractivity contribution >= 4 is 46.7 Å². The maximum atomic E-state index is 9.16. The number of halogens is 1. The number of nitrogens with zero attached hydrogens (tertiary/aromatic N) is 4. The van der Waals surface area contributed by atoms with Gasteiger partial charge in [-0.15, -0.1) is 0 Å². The molecular weight excluding hydrogens is 432 g/mol. The first-order chi connectivity index (χ1) is 13.7. The molecule has 0 radical (unpaired) electrons. The summed E-state index contributed by atoms with van der Waals surface area (Å²) in [4.78, 5) is 4.26. The van der Waals surface area contributed by atoms with Crippen molar-refractivity contribution < 1.29 is 0 Å². The molecule has 2 aromatic heterocycles. The van der Waals surface area contributed by atoms with Gasteiger partial charge in [-0.2, -0.15) is 38.4 Å². The van der Waals surface area contributed by atoms with Crippen LogP contribution < -0.4 is 10.6 Å². The van der Waals surface area contributed by atoms with Gasteiger partial charge in [-0.05, 0) is 29.7 Å². The minimum atomic E-state index is 0.0577. The van der Waals surface area contributed by atoms with E-state index in [1.54, 1.807) is 35.8 Å². The standard InChI is InChI=1S/C18H19ClN6S3/c19-16-2-1-4-22-17(16)13-27-9-6-24-18(14(10-20)11-21)23-5-8-26-12-15-3-7-28-25-15/h1-4,7,23-24H,5-6,8-9,12-13H2. The van der Waals surface area contributed by atoms with Gasteiger partial charge in [0.15, 0.2) is 5.57 Å². The second-order valence-corrected chi connectivity index (χ2v) is 8.64. The second-order valence-electron chi connectivity index (χ2n) is 5.36. The smallest absolute Gasteiger partial charge is 0.169 e. The van der Waals surface area contributed by atoms with Crippen molar-refractivity contribution in [3.8, 4) is 12.1 Å². The number of hydrogen-bond donors (Lipinski definition) is 2. The molecule has 0 atom stereocenters. The fourth-order valence-corrected chi connectivity index (χ4v) is 4.52. The molecule has 0 aliphatic rings. The van der Waals surface area contributed by atoms with Gasteiger partial charge in [-0.25, -0.2) is 0 Å². The number of hydrogen-bond acceptors (Lipinski definition) is 9. The molecule has 0 aliphatic heterocycles. The molecule has 10 heteroatoms. The van der Waals surface area contributed by atoms with E-state index in [0.29, 0.717) is 29.7 Å². The van der Waals surface area contributed by atoms with Gasteiger partial charge in [0.1, 0.15) is 18.0 Å². The summed E-state index contributed by atoms with van der Waals surface area (Å²) in [7, 11) is 0. The van der Waals surface area contributed by atoms with Crippen LogP contribution >= 0.6 is 46.7 Å². The Labute approximate surface area is 182 Å². The lowest BCUT2D eigenvalue weighted by atomic mass is 10.3. The van der Waals surface area contributed by atoms with Crippen molar-refractivity contribution in [3.63, 3.8) is 0 Å². The van der Waals surface area contributed by atoms with Gasteiger partial charge in [-0.3, -0.25) is 4.98 Å². The van der Waals surface area contributed by atoms with Crippen LogP contribution in [-0.4, -0.2) is 34.0 Å². The third kappa shape index (κ3) is 7.99. The number of allylic oxidation sites excluding steroid dienone is 1. The SMILES string of the molecule is N#CC(C#N)=C(NCCSCc1ccsn1)NCCSCc1ncccc1Cl. The van der Waals surface area contributed by atoms with Crippen LogP contribution in [0.15, 0.2) is 41.2 Å². The van der Waals surface area contributed by atoms with E-state index in [4.69, 9.17) is 22.1 Å². The number of pyridine rings is 1. The molecule has 2 rings (SSSR count). The van der Waals surface area contributed by atoms with Crippen LogP contribution in [0.3, 0.4) is 0 Å². The Bertz CT molecular complexity index is 826. The average molecular weight is 451 g/mol. The molecule has 2 aromatic rings. The van der Waals surface area contributed by atoms with E-state index in [1.807, 2.05) is 29.7 Å². The number of rotatable bonds is 12. The molecule has 0 aromatic carbocycles. The van der Waals surface area contributed by atoms with E-state index in [1.165, 1.54) is 11.5 Å². The van der Waals surface area contributed by atoms with Crippen LogP contribution in [0.25, 0.3) is 0 Å². The number of nitriles is 2. The van der Waals surface area contributed by atoms with E-state index in [0.717, 1.165) is 28.6 Å². The minimum Gasteiger partial charge on any atom is -0.369 e. The molecule has 146 valence electrons. The molecule has 0 unspecified atom stereocenters. The zero-order chi connectivity index (χ0) is 20.0. The molecule has 2 heterocycles. The highest BCUT2D eigenvalue weighted by Crippen LogP contribution is 2.18. The van der Waals surface area contributed by atoms with Gasteiger partial charge < -0.3 is 10.6 Å². The molecule has 0 saturated carbocycles. The summed E-state index contributed by atoms with van der Waals surface area (Å²) in [5, 5.41) is 27.3. The predicted molar refractivity (Wildman–Crippen MR) is 118 cm³/mol. The van der Waals surface area contributed by atoms with Gasteiger partial charge in [0.2, 0.25) is 0 Å². The monoisotopic (exact) mass is 450 g/mol. The topological polar surface area (TPSA) is 97.4 Å². The molecule has 0 fully saturated rings. The van der Waals surface area contributed by atoms with Crippen molar-refractivity contribution in [1.29, 1.82) is 10.5 Å². The first-order valence-electron chi connectivity index (χ1n) is 8.41. The average Bonchev–Trinajstić information content (AvgIpc) is 3.22. The lowest BCUT2D eigenvalue weighted by Gasteiger charge is -2.13. The summed E-state index contributed by atoms with van der Waals surface area (Å²) in [6.45, 7) is 1.27. The van der Waals surface area contributed by atoms with Gasteiger partial charge in [0, 0.05) is 47.7 Å². The van der Waals surface area contributed by atoms with Crippen LogP contribution in [0.1, 0.15) is 11.4 Å².